The third kappa shape index (κ3) is 1.48. The highest BCUT2D eigenvalue weighted by Gasteiger charge is 2.13. The highest BCUT2D eigenvalue weighted by atomic mass is 16.8. The average Bonchev–Trinajstić information content (AvgIpc) is 3.11. The highest BCUT2D eigenvalue weighted by Crippen LogP contribution is 2.17. The van der Waals surface area contributed by atoms with Crippen molar-refractivity contribution in [2.24, 2.45) is 0 Å². The molecule has 0 spiro atoms. The zero-order valence-corrected chi connectivity index (χ0v) is 8.08. The van der Waals surface area contributed by atoms with Gasteiger partial charge in [-0.15, -0.1) is 0 Å². The SMILES string of the molecule is c1ccc(-n2on2-c2ccccc2)cc1. The summed E-state index contributed by atoms with van der Waals surface area (Å²) in [6.45, 7) is 0. The van der Waals surface area contributed by atoms with Crippen LogP contribution in [-0.2, 0) is 0 Å². The highest BCUT2D eigenvalue weighted by molar-refractivity contribution is 5.33. The summed E-state index contributed by atoms with van der Waals surface area (Å²) >= 11 is 0. The van der Waals surface area contributed by atoms with Crippen molar-refractivity contribution in [1.82, 2.24) is 9.71 Å². The molecule has 1 heterocycles. The summed E-state index contributed by atoms with van der Waals surface area (Å²) in [4.78, 5) is 3.49. The Bertz CT molecular complexity index is 482. The van der Waals surface area contributed by atoms with Gasteiger partial charge in [0.25, 0.3) is 0 Å². The molecule has 3 aromatic rings. The quantitative estimate of drug-likeness (QED) is 0.621. The van der Waals surface area contributed by atoms with Crippen LogP contribution in [0.15, 0.2) is 65.3 Å². The molecule has 0 unspecified atom stereocenters. The molecular formula is C12H10N2O. The molecule has 0 fully saturated rings. The summed E-state index contributed by atoms with van der Waals surface area (Å²) in [7, 11) is 0. The molecule has 15 heavy (non-hydrogen) atoms. The molecule has 0 amide bonds. The average molecular weight is 198 g/mol. The molecule has 3 rings (SSSR count). The number of rotatable bonds is 2. The third-order valence-electron chi connectivity index (χ3n) is 2.25. The molecule has 0 N–H and O–H groups in total. The lowest BCUT2D eigenvalue weighted by atomic mass is 10.3. The van der Waals surface area contributed by atoms with Crippen molar-refractivity contribution in [2.45, 2.75) is 0 Å². The van der Waals surface area contributed by atoms with E-state index in [1.807, 2.05) is 60.7 Å². The normalized spacial score (nSPS) is 10.7. The van der Waals surface area contributed by atoms with E-state index in [4.69, 9.17) is 4.63 Å². The summed E-state index contributed by atoms with van der Waals surface area (Å²) in [5.74, 6) is 0. The Balaban J connectivity index is 1.95. The van der Waals surface area contributed by atoms with Gasteiger partial charge in [0.1, 0.15) is 11.4 Å². The fraction of sp³-hybridized carbons (Fsp3) is 0. The van der Waals surface area contributed by atoms with Crippen LogP contribution in [-0.4, -0.2) is 9.71 Å². The fourth-order valence-electron chi connectivity index (χ4n) is 1.47. The molecule has 3 heteroatoms. The number of hydrogen-bond donors (Lipinski definition) is 0. The number of benzene rings is 2. The van der Waals surface area contributed by atoms with Gasteiger partial charge < -0.3 is 0 Å². The Labute approximate surface area is 87.0 Å². The molecule has 74 valence electrons. The van der Waals surface area contributed by atoms with Crippen LogP contribution in [0.25, 0.3) is 11.4 Å². The summed E-state index contributed by atoms with van der Waals surface area (Å²) in [6.07, 6.45) is 0. The first-order chi connectivity index (χ1) is 7.45. The number of para-hydroxylation sites is 2. The molecule has 2 aromatic carbocycles. The van der Waals surface area contributed by atoms with Gasteiger partial charge in [0, 0.05) is 0 Å². The van der Waals surface area contributed by atoms with Gasteiger partial charge in [0.15, 0.2) is 0 Å². The van der Waals surface area contributed by atoms with Gasteiger partial charge in [0.2, 0.25) is 0 Å². The predicted molar refractivity (Wildman–Crippen MR) is 57.4 cm³/mol. The van der Waals surface area contributed by atoms with Crippen LogP contribution in [0, 0.1) is 0 Å². The lowest BCUT2D eigenvalue weighted by molar-refractivity contribution is 0.475. The molecule has 0 saturated carbocycles. The smallest absolute Gasteiger partial charge is 0.106 e. The summed E-state index contributed by atoms with van der Waals surface area (Å²) in [5.41, 5.74) is 2.06. The first-order valence-electron chi connectivity index (χ1n) is 4.83. The van der Waals surface area contributed by atoms with Gasteiger partial charge in [-0.25, -0.2) is 4.63 Å². The molecule has 3 nitrogen and oxygen atoms in total. The van der Waals surface area contributed by atoms with Crippen LogP contribution in [0.5, 0.6) is 0 Å². The first-order valence-corrected chi connectivity index (χ1v) is 4.83. The van der Waals surface area contributed by atoms with E-state index in [1.165, 1.54) is 0 Å². The topological polar surface area (TPSA) is 23.0 Å². The van der Waals surface area contributed by atoms with Gasteiger partial charge in [-0.3, -0.25) is 0 Å². The monoisotopic (exact) mass is 198 g/mol. The van der Waals surface area contributed by atoms with Crippen LogP contribution in [0.4, 0.5) is 0 Å². The van der Waals surface area contributed by atoms with Crippen LogP contribution in [0.3, 0.4) is 0 Å². The standard InChI is InChI=1S/C12H10N2O/c1-3-7-11(8-4-1)13-14(15-13)12-9-5-2-6-10-12/h1-10H. The van der Waals surface area contributed by atoms with Gasteiger partial charge in [-0.05, 0) is 24.3 Å². The van der Waals surface area contributed by atoms with E-state index in [-0.39, 0.29) is 0 Å². The Kier molecular flexibility index (Phi) is 1.75. The van der Waals surface area contributed by atoms with Crippen LogP contribution in [0.2, 0.25) is 0 Å². The molecule has 0 aliphatic rings. The minimum Gasteiger partial charge on any atom is -0.244 e. The van der Waals surface area contributed by atoms with E-state index in [9.17, 15) is 0 Å². The van der Waals surface area contributed by atoms with Gasteiger partial charge in [-0.2, -0.15) is 0 Å². The van der Waals surface area contributed by atoms with Crippen molar-refractivity contribution >= 4 is 0 Å². The van der Waals surface area contributed by atoms with E-state index in [0.29, 0.717) is 0 Å². The maximum atomic E-state index is 5.36. The molecular weight excluding hydrogens is 188 g/mol. The van der Waals surface area contributed by atoms with Crippen molar-refractivity contribution < 1.29 is 4.63 Å². The minimum absolute atomic E-state index is 1.03. The van der Waals surface area contributed by atoms with Crippen molar-refractivity contribution in [1.29, 1.82) is 0 Å². The minimum atomic E-state index is 1.03. The Hall–Kier alpha value is -2.16. The number of nitrogens with zero attached hydrogens (tertiary/aromatic N) is 2. The van der Waals surface area contributed by atoms with Gasteiger partial charge in [0.05, 0.1) is 0 Å². The maximum absolute atomic E-state index is 5.36. The predicted octanol–water partition coefficient (Wildman–Crippen LogP) is 2.86. The Morgan fingerprint density at radius 2 is 1.00 bits per heavy atom. The van der Waals surface area contributed by atoms with Crippen LogP contribution >= 0.6 is 0 Å². The molecule has 0 bridgehead atoms. The van der Waals surface area contributed by atoms with Crippen LogP contribution in [0.1, 0.15) is 0 Å². The van der Waals surface area contributed by atoms with E-state index in [2.05, 4.69) is 0 Å². The molecule has 0 saturated heterocycles. The molecule has 0 aliphatic carbocycles. The van der Waals surface area contributed by atoms with Crippen molar-refractivity contribution in [3.05, 3.63) is 60.7 Å². The first kappa shape index (κ1) is 8.17. The largest absolute Gasteiger partial charge is 0.244 e. The lowest BCUT2D eigenvalue weighted by Gasteiger charge is -1.90. The van der Waals surface area contributed by atoms with E-state index < -0.39 is 0 Å². The summed E-state index contributed by atoms with van der Waals surface area (Å²) < 4.78 is 5.36. The number of aromatic nitrogens is 2. The van der Waals surface area contributed by atoms with Gasteiger partial charge >= 0.3 is 0 Å². The third-order valence-corrected chi connectivity index (χ3v) is 2.25. The summed E-state index contributed by atoms with van der Waals surface area (Å²) in [6, 6.07) is 19.9. The molecule has 0 radical (unpaired) electrons. The van der Waals surface area contributed by atoms with Crippen LogP contribution < -0.4 is 0 Å². The maximum Gasteiger partial charge on any atom is 0.106 e. The zero-order valence-electron chi connectivity index (χ0n) is 8.08. The van der Waals surface area contributed by atoms with Crippen molar-refractivity contribution in [2.75, 3.05) is 0 Å². The van der Waals surface area contributed by atoms with Crippen molar-refractivity contribution in [3.8, 4) is 11.4 Å². The molecule has 1 aromatic heterocycles. The van der Waals surface area contributed by atoms with E-state index >= 15 is 0 Å². The molecule has 0 aliphatic heterocycles. The second kappa shape index (κ2) is 3.20. The molecule has 0 atom stereocenters. The Morgan fingerprint density at radius 1 is 0.600 bits per heavy atom. The number of hydrogen-bond acceptors (Lipinski definition) is 1. The lowest BCUT2D eigenvalue weighted by Crippen LogP contribution is -1.89. The Morgan fingerprint density at radius 3 is 1.40 bits per heavy atom. The van der Waals surface area contributed by atoms with Crippen molar-refractivity contribution in [3.63, 3.8) is 0 Å². The van der Waals surface area contributed by atoms with E-state index in [1.54, 1.807) is 9.71 Å². The van der Waals surface area contributed by atoms with Gasteiger partial charge in [-0.1, -0.05) is 46.1 Å². The second-order valence-corrected chi connectivity index (χ2v) is 3.30. The second-order valence-electron chi connectivity index (χ2n) is 3.30. The fourth-order valence-corrected chi connectivity index (χ4v) is 1.47. The van der Waals surface area contributed by atoms with E-state index in [0.717, 1.165) is 11.4 Å². The summed E-state index contributed by atoms with van der Waals surface area (Å²) in [5, 5.41) is 0. The zero-order chi connectivity index (χ0) is 10.1.